The van der Waals surface area contributed by atoms with Crippen LogP contribution in [0.1, 0.15) is 18.2 Å². The number of hydrogen-bond donors (Lipinski definition) is 2. The molecule has 0 aliphatic rings. The van der Waals surface area contributed by atoms with Crippen molar-refractivity contribution < 1.29 is 8.42 Å². The number of anilines is 1. The highest BCUT2D eigenvalue weighted by molar-refractivity contribution is 9.10. The molecular weight excluding hydrogens is 497 g/mol. The molecule has 0 unspecified atom stereocenters. The molecule has 9 heteroatoms. The van der Waals surface area contributed by atoms with Crippen molar-refractivity contribution in [2.45, 2.75) is 18.2 Å². The first-order valence-corrected chi connectivity index (χ1v) is 10.8. The second-order valence-electron chi connectivity index (χ2n) is 5.99. The summed E-state index contributed by atoms with van der Waals surface area (Å²) in [6, 6.07) is 15.0. The second kappa shape index (κ2) is 10.9. The monoisotopic (exact) mass is 517 g/mol. The fraction of sp³-hybridized carbons (Fsp3) is 0.150. The van der Waals surface area contributed by atoms with Gasteiger partial charge in [0.15, 0.2) is 0 Å². The van der Waals surface area contributed by atoms with E-state index in [1.165, 1.54) is 6.07 Å². The molecule has 0 bridgehead atoms. The Morgan fingerprint density at radius 1 is 1.10 bits per heavy atom. The van der Waals surface area contributed by atoms with Gasteiger partial charge in [-0.05, 0) is 34.0 Å². The van der Waals surface area contributed by atoms with E-state index >= 15 is 0 Å². The van der Waals surface area contributed by atoms with Crippen LogP contribution in [0.15, 0.2) is 64.0 Å². The van der Waals surface area contributed by atoms with Crippen molar-refractivity contribution in [1.82, 2.24) is 4.98 Å². The van der Waals surface area contributed by atoms with E-state index in [9.17, 15) is 8.42 Å². The van der Waals surface area contributed by atoms with E-state index in [4.69, 9.17) is 5.14 Å². The second-order valence-corrected chi connectivity index (χ2v) is 8.32. The number of benzene rings is 2. The van der Waals surface area contributed by atoms with Gasteiger partial charge in [0.25, 0.3) is 0 Å². The van der Waals surface area contributed by atoms with Gasteiger partial charge in [-0.15, -0.1) is 24.8 Å². The van der Waals surface area contributed by atoms with E-state index < -0.39 is 10.0 Å². The van der Waals surface area contributed by atoms with Gasteiger partial charge in [0.2, 0.25) is 10.0 Å². The highest BCUT2D eigenvalue weighted by Gasteiger charge is 2.19. The van der Waals surface area contributed by atoms with Gasteiger partial charge in [-0.25, -0.2) is 18.5 Å². The molecule has 0 saturated carbocycles. The largest absolute Gasteiger partial charge is 0.366 e. The number of aromatic nitrogens is 1. The molecular formula is C20H22BrCl2N3O2S. The Labute approximate surface area is 191 Å². The number of rotatable bonds is 6. The Balaban J connectivity index is 0.00000210. The molecule has 1 aromatic heterocycles. The molecule has 0 saturated heterocycles. The van der Waals surface area contributed by atoms with Crippen LogP contribution in [0.25, 0.3) is 16.8 Å². The number of pyridine rings is 1. The SMILES string of the molecule is CCc1nc(NCC=Cc2ccccc2)c(Br)c2c(S(N)(=O)=O)cccc12.Cl.Cl. The number of nitrogens with one attached hydrogen (secondary N) is 1. The molecule has 0 spiro atoms. The van der Waals surface area contributed by atoms with Crippen molar-refractivity contribution in [2.75, 3.05) is 11.9 Å². The number of nitrogens with zero attached hydrogens (tertiary/aromatic N) is 1. The normalized spacial score (nSPS) is 11.1. The average Bonchev–Trinajstić information content (AvgIpc) is 2.66. The average molecular weight is 519 g/mol. The van der Waals surface area contributed by atoms with Gasteiger partial charge >= 0.3 is 0 Å². The maximum atomic E-state index is 12.0. The molecule has 0 radical (unpaired) electrons. The van der Waals surface area contributed by atoms with Crippen molar-refractivity contribution in [3.63, 3.8) is 0 Å². The Bertz CT molecular complexity index is 1110. The molecule has 156 valence electrons. The fourth-order valence-corrected chi connectivity index (χ4v) is 4.45. The van der Waals surface area contributed by atoms with Crippen molar-refractivity contribution in [2.24, 2.45) is 5.14 Å². The van der Waals surface area contributed by atoms with Crippen LogP contribution in [0.4, 0.5) is 5.82 Å². The Hall–Kier alpha value is -1.64. The van der Waals surface area contributed by atoms with Gasteiger partial charge in [-0.1, -0.05) is 61.5 Å². The summed E-state index contributed by atoms with van der Waals surface area (Å²) in [4.78, 5) is 4.75. The maximum Gasteiger partial charge on any atom is 0.238 e. The Kier molecular flexibility index (Phi) is 9.58. The lowest BCUT2D eigenvalue weighted by molar-refractivity contribution is 0.598. The zero-order valence-corrected chi connectivity index (χ0v) is 19.7. The van der Waals surface area contributed by atoms with E-state index in [2.05, 4.69) is 26.2 Å². The molecule has 0 atom stereocenters. The number of sulfonamides is 1. The molecule has 0 aliphatic heterocycles. The third-order valence-corrected chi connectivity index (χ3v) is 5.88. The molecule has 1 heterocycles. The van der Waals surface area contributed by atoms with Gasteiger partial charge in [0.1, 0.15) is 5.82 Å². The summed E-state index contributed by atoms with van der Waals surface area (Å²) in [5, 5.41) is 10.0. The first-order valence-electron chi connectivity index (χ1n) is 8.51. The van der Waals surface area contributed by atoms with Crippen LogP contribution in [-0.2, 0) is 16.4 Å². The van der Waals surface area contributed by atoms with Gasteiger partial charge < -0.3 is 5.32 Å². The van der Waals surface area contributed by atoms with Gasteiger partial charge in [0, 0.05) is 17.3 Å². The predicted molar refractivity (Wildman–Crippen MR) is 129 cm³/mol. The lowest BCUT2D eigenvalue weighted by Gasteiger charge is -2.14. The lowest BCUT2D eigenvalue weighted by atomic mass is 10.1. The summed E-state index contributed by atoms with van der Waals surface area (Å²) in [6.07, 6.45) is 4.68. The van der Waals surface area contributed by atoms with Crippen LogP contribution in [0.2, 0.25) is 0 Å². The topological polar surface area (TPSA) is 85.1 Å². The van der Waals surface area contributed by atoms with Crippen LogP contribution in [0.3, 0.4) is 0 Å². The van der Waals surface area contributed by atoms with Gasteiger partial charge in [0.05, 0.1) is 15.1 Å². The van der Waals surface area contributed by atoms with E-state index in [1.807, 2.05) is 55.5 Å². The first-order chi connectivity index (χ1) is 12.9. The minimum atomic E-state index is -3.85. The van der Waals surface area contributed by atoms with Gasteiger partial charge in [-0.3, -0.25) is 0 Å². The van der Waals surface area contributed by atoms with Gasteiger partial charge in [-0.2, -0.15) is 0 Å². The Morgan fingerprint density at radius 2 is 1.79 bits per heavy atom. The number of hydrogen-bond acceptors (Lipinski definition) is 4. The summed E-state index contributed by atoms with van der Waals surface area (Å²) < 4.78 is 24.7. The predicted octanol–water partition coefficient (Wildman–Crippen LogP) is 5.18. The molecule has 5 nitrogen and oxygen atoms in total. The summed E-state index contributed by atoms with van der Waals surface area (Å²) in [7, 11) is -3.85. The quantitative estimate of drug-likeness (QED) is 0.471. The highest BCUT2D eigenvalue weighted by Crippen LogP contribution is 2.35. The zero-order chi connectivity index (χ0) is 19.4. The zero-order valence-electron chi connectivity index (χ0n) is 15.6. The van der Waals surface area contributed by atoms with E-state index in [0.717, 1.165) is 16.6 Å². The van der Waals surface area contributed by atoms with Crippen molar-refractivity contribution in [1.29, 1.82) is 0 Å². The van der Waals surface area contributed by atoms with Crippen LogP contribution >= 0.6 is 40.7 Å². The first kappa shape index (κ1) is 25.4. The van der Waals surface area contributed by atoms with E-state index in [0.29, 0.717) is 28.6 Å². The van der Waals surface area contributed by atoms with Crippen molar-refractivity contribution >= 4 is 73.4 Å². The molecule has 0 fully saturated rings. The standard InChI is InChI=1S/C20H20BrN3O2S.2ClH/c1-2-16-15-11-6-12-17(27(22,25)26)18(15)19(21)20(24-16)23-13-7-10-14-8-4-3-5-9-14;;/h3-12H,2,13H2,1H3,(H,23,24)(H2,22,25,26);2*1H. The van der Waals surface area contributed by atoms with Crippen molar-refractivity contribution in [3.8, 4) is 0 Å². The molecule has 29 heavy (non-hydrogen) atoms. The Morgan fingerprint density at radius 3 is 2.41 bits per heavy atom. The number of nitrogens with two attached hydrogens (primary N) is 1. The molecule has 0 aliphatic carbocycles. The summed E-state index contributed by atoms with van der Waals surface area (Å²) in [6.45, 7) is 2.53. The smallest absolute Gasteiger partial charge is 0.238 e. The number of halogens is 3. The molecule has 2 aromatic carbocycles. The molecule has 3 rings (SSSR count). The maximum absolute atomic E-state index is 12.0. The van der Waals surface area contributed by atoms with Crippen molar-refractivity contribution in [3.05, 3.63) is 70.3 Å². The number of primary sulfonamides is 1. The van der Waals surface area contributed by atoms with Crippen LogP contribution in [-0.4, -0.2) is 19.9 Å². The van der Waals surface area contributed by atoms with Crippen LogP contribution < -0.4 is 10.5 Å². The molecule has 3 N–H and O–H groups in total. The lowest BCUT2D eigenvalue weighted by Crippen LogP contribution is -2.13. The minimum Gasteiger partial charge on any atom is -0.366 e. The highest BCUT2D eigenvalue weighted by atomic mass is 79.9. The molecule has 3 aromatic rings. The number of fused-ring (bicyclic) bond motifs is 1. The fourth-order valence-electron chi connectivity index (χ4n) is 2.90. The summed E-state index contributed by atoms with van der Waals surface area (Å²) in [5.41, 5.74) is 1.92. The summed E-state index contributed by atoms with van der Waals surface area (Å²) >= 11 is 3.52. The molecule has 0 amide bonds. The van der Waals surface area contributed by atoms with Crippen LogP contribution in [0, 0.1) is 0 Å². The third kappa shape index (κ3) is 5.93. The third-order valence-electron chi connectivity index (χ3n) is 4.15. The van der Waals surface area contributed by atoms with Crippen LogP contribution in [0.5, 0.6) is 0 Å². The minimum absolute atomic E-state index is 0. The summed E-state index contributed by atoms with van der Waals surface area (Å²) in [5.74, 6) is 0.591. The number of aryl methyl sites for hydroxylation is 1. The van der Waals surface area contributed by atoms with E-state index in [1.54, 1.807) is 6.07 Å². The van der Waals surface area contributed by atoms with E-state index in [-0.39, 0.29) is 29.7 Å².